The van der Waals surface area contributed by atoms with E-state index in [1.807, 2.05) is 34.9 Å². The summed E-state index contributed by atoms with van der Waals surface area (Å²) in [4.78, 5) is 16.3. The Morgan fingerprint density at radius 1 is 1.32 bits per heavy atom. The van der Waals surface area contributed by atoms with Crippen molar-refractivity contribution in [2.24, 2.45) is 0 Å². The summed E-state index contributed by atoms with van der Waals surface area (Å²) < 4.78 is 6.93. The van der Waals surface area contributed by atoms with Crippen molar-refractivity contribution in [1.82, 2.24) is 9.38 Å². The van der Waals surface area contributed by atoms with Crippen LogP contribution in [0.5, 0.6) is 0 Å². The number of esters is 1. The molecule has 0 aliphatic carbocycles. The zero-order chi connectivity index (χ0) is 13.4. The third-order valence-corrected chi connectivity index (χ3v) is 3.21. The topological polar surface area (TPSA) is 43.6 Å². The highest BCUT2D eigenvalue weighted by molar-refractivity contribution is 6.35. The molecule has 5 heteroatoms. The van der Waals surface area contributed by atoms with Gasteiger partial charge in [-0.25, -0.2) is 9.78 Å². The molecule has 0 N–H and O–H groups in total. The third kappa shape index (κ3) is 1.85. The summed E-state index contributed by atoms with van der Waals surface area (Å²) in [7, 11) is 0. The average Bonchev–Trinajstić information content (AvgIpc) is 2.88. The van der Waals surface area contributed by atoms with E-state index in [0.29, 0.717) is 22.7 Å². The van der Waals surface area contributed by atoms with E-state index in [1.165, 1.54) is 0 Å². The summed E-state index contributed by atoms with van der Waals surface area (Å²) in [6.07, 6.45) is 1.87. The molecule has 3 rings (SSSR count). The molecule has 0 bridgehead atoms. The van der Waals surface area contributed by atoms with E-state index in [1.54, 1.807) is 13.0 Å². The van der Waals surface area contributed by atoms with E-state index in [2.05, 4.69) is 4.98 Å². The Hall–Kier alpha value is -2.07. The molecule has 4 nitrogen and oxygen atoms in total. The second-order valence-electron chi connectivity index (χ2n) is 4.05. The number of halogens is 1. The number of ether oxygens (including phenoxy) is 1. The van der Waals surface area contributed by atoms with Crippen LogP contribution >= 0.6 is 11.6 Å². The Bertz CT molecular complexity index is 780. The first-order chi connectivity index (χ1) is 9.22. The Kier molecular flexibility index (Phi) is 2.87. The predicted octanol–water partition coefficient (Wildman–Crippen LogP) is 3.32. The highest BCUT2D eigenvalue weighted by Gasteiger charge is 2.16. The van der Waals surface area contributed by atoms with Crippen LogP contribution < -0.4 is 0 Å². The lowest BCUT2D eigenvalue weighted by Crippen LogP contribution is -2.09. The maximum Gasteiger partial charge on any atom is 0.359 e. The number of benzene rings is 1. The van der Waals surface area contributed by atoms with Crippen LogP contribution in [0, 0.1) is 0 Å². The molecule has 96 valence electrons. The fourth-order valence-electron chi connectivity index (χ4n) is 2.11. The number of aromatic nitrogens is 2. The van der Waals surface area contributed by atoms with Gasteiger partial charge in [0.15, 0.2) is 5.69 Å². The van der Waals surface area contributed by atoms with Crippen LogP contribution in [0.4, 0.5) is 0 Å². The quantitative estimate of drug-likeness (QED) is 0.673. The van der Waals surface area contributed by atoms with Gasteiger partial charge in [0.05, 0.1) is 22.7 Å². The van der Waals surface area contributed by atoms with E-state index < -0.39 is 5.97 Å². The van der Waals surface area contributed by atoms with Crippen LogP contribution in [0.2, 0.25) is 5.02 Å². The van der Waals surface area contributed by atoms with Crippen molar-refractivity contribution >= 4 is 34.1 Å². The SMILES string of the molecule is CCOC(=O)c1nc2c(Cl)cccc2n2cccc12. The summed E-state index contributed by atoms with van der Waals surface area (Å²) in [5, 5.41) is 0.513. The van der Waals surface area contributed by atoms with Crippen LogP contribution in [0.15, 0.2) is 36.5 Å². The van der Waals surface area contributed by atoms with Gasteiger partial charge in [0.2, 0.25) is 0 Å². The molecule has 0 unspecified atom stereocenters. The summed E-state index contributed by atoms with van der Waals surface area (Å²) in [5.74, 6) is -0.437. The van der Waals surface area contributed by atoms with Crippen molar-refractivity contribution in [3.05, 3.63) is 47.2 Å². The van der Waals surface area contributed by atoms with Gasteiger partial charge in [0, 0.05) is 6.20 Å². The van der Waals surface area contributed by atoms with E-state index in [4.69, 9.17) is 16.3 Å². The van der Waals surface area contributed by atoms with Crippen LogP contribution in [0.3, 0.4) is 0 Å². The highest BCUT2D eigenvalue weighted by atomic mass is 35.5. The molecule has 0 amide bonds. The molecule has 1 aromatic carbocycles. The number of fused-ring (bicyclic) bond motifs is 3. The second-order valence-corrected chi connectivity index (χ2v) is 4.46. The molecule has 19 heavy (non-hydrogen) atoms. The number of rotatable bonds is 2. The zero-order valence-electron chi connectivity index (χ0n) is 10.3. The molecule has 0 saturated heterocycles. The summed E-state index contributed by atoms with van der Waals surface area (Å²) in [6, 6.07) is 9.22. The Morgan fingerprint density at radius 2 is 2.11 bits per heavy atom. The van der Waals surface area contributed by atoms with E-state index in [-0.39, 0.29) is 5.69 Å². The Balaban J connectivity index is 2.39. The fourth-order valence-corrected chi connectivity index (χ4v) is 2.32. The molecule has 0 radical (unpaired) electrons. The van der Waals surface area contributed by atoms with Crippen LogP contribution in [-0.4, -0.2) is 22.0 Å². The molecule has 0 fully saturated rings. The smallest absolute Gasteiger partial charge is 0.359 e. The maximum atomic E-state index is 12.0. The van der Waals surface area contributed by atoms with E-state index >= 15 is 0 Å². The van der Waals surface area contributed by atoms with Crippen molar-refractivity contribution in [3.8, 4) is 0 Å². The first-order valence-electron chi connectivity index (χ1n) is 5.94. The standard InChI is InChI=1S/C14H11ClN2O2/c1-2-19-14(18)13-11-7-4-8-17(11)10-6-3-5-9(15)12(10)16-13/h3-8H,2H2,1H3. The lowest BCUT2D eigenvalue weighted by atomic mass is 10.2. The zero-order valence-corrected chi connectivity index (χ0v) is 11.0. The van der Waals surface area contributed by atoms with Crippen molar-refractivity contribution in [1.29, 1.82) is 0 Å². The van der Waals surface area contributed by atoms with Gasteiger partial charge in [-0.3, -0.25) is 0 Å². The van der Waals surface area contributed by atoms with Gasteiger partial charge in [-0.15, -0.1) is 0 Å². The Morgan fingerprint density at radius 3 is 2.89 bits per heavy atom. The molecule has 0 aliphatic heterocycles. The van der Waals surface area contributed by atoms with Crippen LogP contribution in [0.1, 0.15) is 17.4 Å². The molecule has 0 atom stereocenters. The molecule has 2 aromatic heterocycles. The fraction of sp³-hybridized carbons (Fsp3) is 0.143. The molecular formula is C14H11ClN2O2. The van der Waals surface area contributed by atoms with E-state index in [9.17, 15) is 4.79 Å². The van der Waals surface area contributed by atoms with Gasteiger partial charge in [-0.1, -0.05) is 17.7 Å². The highest BCUT2D eigenvalue weighted by Crippen LogP contribution is 2.25. The first kappa shape index (κ1) is 12.0. The van der Waals surface area contributed by atoms with Crippen molar-refractivity contribution in [2.45, 2.75) is 6.92 Å². The monoisotopic (exact) mass is 274 g/mol. The number of nitrogens with zero attached hydrogens (tertiary/aromatic N) is 2. The molecule has 0 aliphatic rings. The van der Waals surface area contributed by atoms with Gasteiger partial charge in [0.25, 0.3) is 0 Å². The minimum Gasteiger partial charge on any atom is -0.461 e. The van der Waals surface area contributed by atoms with Crippen molar-refractivity contribution in [2.75, 3.05) is 6.61 Å². The number of hydrogen-bond donors (Lipinski definition) is 0. The van der Waals surface area contributed by atoms with Gasteiger partial charge >= 0.3 is 5.97 Å². The number of para-hydroxylation sites is 1. The van der Waals surface area contributed by atoms with Gasteiger partial charge in [-0.2, -0.15) is 0 Å². The minimum atomic E-state index is -0.437. The van der Waals surface area contributed by atoms with Crippen LogP contribution in [0.25, 0.3) is 16.6 Å². The number of hydrogen-bond acceptors (Lipinski definition) is 3. The predicted molar refractivity (Wildman–Crippen MR) is 73.7 cm³/mol. The van der Waals surface area contributed by atoms with Gasteiger partial charge in [0.1, 0.15) is 5.52 Å². The normalized spacial score (nSPS) is 11.1. The first-order valence-corrected chi connectivity index (χ1v) is 6.32. The summed E-state index contributed by atoms with van der Waals surface area (Å²) in [5.41, 5.74) is 2.46. The third-order valence-electron chi connectivity index (χ3n) is 2.91. The summed E-state index contributed by atoms with van der Waals surface area (Å²) >= 11 is 6.15. The van der Waals surface area contributed by atoms with E-state index in [0.717, 1.165) is 5.52 Å². The van der Waals surface area contributed by atoms with Crippen LogP contribution in [-0.2, 0) is 4.74 Å². The lowest BCUT2D eigenvalue weighted by Gasteiger charge is -2.08. The molecule has 0 spiro atoms. The molecule has 0 saturated carbocycles. The maximum absolute atomic E-state index is 12.0. The number of carbonyl (C=O) groups is 1. The van der Waals surface area contributed by atoms with Gasteiger partial charge < -0.3 is 9.14 Å². The number of carbonyl (C=O) groups excluding carboxylic acids is 1. The molecule has 3 aromatic rings. The second kappa shape index (κ2) is 4.55. The van der Waals surface area contributed by atoms with Crippen molar-refractivity contribution < 1.29 is 9.53 Å². The minimum absolute atomic E-state index is 0.285. The summed E-state index contributed by atoms with van der Waals surface area (Å²) in [6.45, 7) is 2.08. The average molecular weight is 275 g/mol. The largest absolute Gasteiger partial charge is 0.461 e. The lowest BCUT2D eigenvalue weighted by molar-refractivity contribution is 0.0522. The van der Waals surface area contributed by atoms with Crippen molar-refractivity contribution in [3.63, 3.8) is 0 Å². The molecule has 2 heterocycles. The molecular weight excluding hydrogens is 264 g/mol. The Labute approximate surface area is 114 Å². The van der Waals surface area contributed by atoms with Gasteiger partial charge in [-0.05, 0) is 31.2 Å².